The number of nitrogens with one attached hydrogen (secondary N) is 2. The lowest BCUT2D eigenvalue weighted by Gasteiger charge is -2.28. The van der Waals surface area contributed by atoms with E-state index in [9.17, 15) is 9.59 Å². The zero-order valence-electron chi connectivity index (χ0n) is 11.5. The number of carbonyl (C=O) groups is 2. The number of esters is 1. The Morgan fingerprint density at radius 2 is 2.11 bits per heavy atom. The second kappa shape index (κ2) is 7.36. The van der Waals surface area contributed by atoms with Crippen LogP contribution in [0.15, 0.2) is 0 Å². The molecule has 1 aliphatic rings. The molecule has 0 aromatic heterocycles. The summed E-state index contributed by atoms with van der Waals surface area (Å²) in [6.45, 7) is 4.09. The molecule has 1 fully saturated rings. The third-order valence-corrected chi connectivity index (χ3v) is 3.41. The van der Waals surface area contributed by atoms with Gasteiger partial charge in [0.15, 0.2) is 0 Å². The summed E-state index contributed by atoms with van der Waals surface area (Å²) in [5, 5.41) is 5.96. The van der Waals surface area contributed by atoms with E-state index in [0.29, 0.717) is 12.6 Å². The van der Waals surface area contributed by atoms with Gasteiger partial charge < -0.3 is 15.4 Å². The highest BCUT2D eigenvalue weighted by atomic mass is 16.5. The molecule has 0 bridgehead atoms. The van der Waals surface area contributed by atoms with Crippen molar-refractivity contribution in [2.24, 2.45) is 5.92 Å². The van der Waals surface area contributed by atoms with E-state index in [0.717, 1.165) is 18.8 Å². The predicted molar refractivity (Wildman–Crippen MR) is 69.0 cm³/mol. The lowest BCUT2D eigenvalue weighted by Crippen LogP contribution is -2.49. The van der Waals surface area contributed by atoms with E-state index in [1.54, 1.807) is 0 Å². The number of carbonyl (C=O) groups excluding carboxylic acids is 2. The van der Waals surface area contributed by atoms with Gasteiger partial charge in [-0.3, -0.25) is 4.79 Å². The van der Waals surface area contributed by atoms with Crippen molar-refractivity contribution < 1.29 is 14.3 Å². The number of rotatable bonds is 5. The highest BCUT2D eigenvalue weighted by Gasteiger charge is 2.23. The monoisotopic (exact) mass is 256 g/mol. The van der Waals surface area contributed by atoms with Crippen molar-refractivity contribution in [3.8, 4) is 0 Å². The van der Waals surface area contributed by atoms with Gasteiger partial charge in [0.05, 0.1) is 7.11 Å². The molecule has 3 unspecified atom stereocenters. The molecule has 0 aliphatic heterocycles. The minimum Gasteiger partial charge on any atom is -0.467 e. The van der Waals surface area contributed by atoms with Crippen molar-refractivity contribution in [3.05, 3.63) is 0 Å². The van der Waals surface area contributed by atoms with Crippen LogP contribution in [0, 0.1) is 5.92 Å². The van der Waals surface area contributed by atoms with Gasteiger partial charge in [-0.05, 0) is 18.8 Å². The molecule has 0 aromatic carbocycles. The van der Waals surface area contributed by atoms with Crippen LogP contribution >= 0.6 is 0 Å². The second-order valence-electron chi connectivity index (χ2n) is 5.15. The van der Waals surface area contributed by atoms with Crippen LogP contribution in [0.3, 0.4) is 0 Å². The fourth-order valence-electron chi connectivity index (χ4n) is 2.48. The van der Waals surface area contributed by atoms with E-state index in [4.69, 9.17) is 0 Å². The normalized spacial score (nSPS) is 25.3. The standard InChI is InChI=1S/C13H24N2O3/c1-9-5-4-6-11(7-9)14-8-12(13(17)18-3)15-10(2)16/h9,11-12,14H,4-8H2,1-3H3,(H,15,16). The number of methoxy groups -OCH3 is 1. The lowest BCUT2D eigenvalue weighted by atomic mass is 9.87. The van der Waals surface area contributed by atoms with Gasteiger partial charge in [0.1, 0.15) is 6.04 Å². The Morgan fingerprint density at radius 1 is 1.39 bits per heavy atom. The summed E-state index contributed by atoms with van der Waals surface area (Å²) in [5.74, 6) is 0.111. The van der Waals surface area contributed by atoms with Gasteiger partial charge in [0.25, 0.3) is 0 Å². The van der Waals surface area contributed by atoms with Gasteiger partial charge in [0.2, 0.25) is 5.91 Å². The topological polar surface area (TPSA) is 67.4 Å². The van der Waals surface area contributed by atoms with Crippen LogP contribution in [0.25, 0.3) is 0 Å². The molecule has 2 N–H and O–H groups in total. The Bertz CT molecular complexity index is 294. The first-order valence-electron chi connectivity index (χ1n) is 6.61. The van der Waals surface area contributed by atoms with Crippen LogP contribution in [-0.2, 0) is 14.3 Å². The highest BCUT2D eigenvalue weighted by molar-refractivity contribution is 5.83. The van der Waals surface area contributed by atoms with Crippen molar-refractivity contribution in [1.82, 2.24) is 10.6 Å². The van der Waals surface area contributed by atoms with E-state index >= 15 is 0 Å². The summed E-state index contributed by atoms with van der Waals surface area (Å²) in [7, 11) is 1.33. The van der Waals surface area contributed by atoms with E-state index < -0.39 is 12.0 Å². The summed E-state index contributed by atoms with van der Waals surface area (Å²) in [6, 6.07) is -0.153. The fourth-order valence-corrected chi connectivity index (χ4v) is 2.48. The summed E-state index contributed by atoms with van der Waals surface area (Å²) in [4.78, 5) is 22.5. The molecule has 1 saturated carbocycles. The zero-order valence-corrected chi connectivity index (χ0v) is 11.5. The van der Waals surface area contributed by atoms with Gasteiger partial charge in [-0.15, -0.1) is 0 Å². The largest absolute Gasteiger partial charge is 0.467 e. The number of ether oxygens (including phenoxy) is 1. The van der Waals surface area contributed by atoms with Crippen molar-refractivity contribution >= 4 is 11.9 Å². The number of hydrogen-bond acceptors (Lipinski definition) is 4. The molecule has 1 rings (SSSR count). The van der Waals surface area contributed by atoms with E-state index in [1.807, 2.05) is 0 Å². The van der Waals surface area contributed by atoms with Crippen LogP contribution in [0.5, 0.6) is 0 Å². The minimum absolute atomic E-state index is 0.218. The molecular formula is C13H24N2O3. The van der Waals surface area contributed by atoms with Crippen LogP contribution in [0.1, 0.15) is 39.5 Å². The van der Waals surface area contributed by atoms with Gasteiger partial charge >= 0.3 is 5.97 Å². The van der Waals surface area contributed by atoms with Crippen LogP contribution in [-0.4, -0.2) is 37.6 Å². The Balaban J connectivity index is 2.40. The predicted octanol–water partition coefficient (Wildman–Crippen LogP) is 0.832. The van der Waals surface area contributed by atoms with Gasteiger partial charge in [-0.1, -0.05) is 19.8 Å². The van der Waals surface area contributed by atoms with Crippen molar-refractivity contribution in [3.63, 3.8) is 0 Å². The molecule has 0 spiro atoms. The van der Waals surface area contributed by atoms with Crippen LogP contribution < -0.4 is 10.6 Å². The van der Waals surface area contributed by atoms with Crippen molar-refractivity contribution in [2.75, 3.05) is 13.7 Å². The summed E-state index contributed by atoms with van der Waals surface area (Å²) >= 11 is 0. The fraction of sp³-hybridized carbons (Fsp3) is 0.846. The Kier molecular flexibility index (Phi) is 6.12. The SMILES string of the molecule is COC(=O)C(CNC1CCCC(C)C1)NC(C)=O. The molecule has 5 nitrogen and oxygen atoms in total. The van der Waals surface area contributed by atoms with E-state index in [2.05, 4.69) is 22.3 Å². The van der Waals surface area contributed by atoms with Crippen LogP contribution in [0.2, 0.25) is 0 Å². The molecule has 0 radical (unpaired) electrons. The molecule has 1 aliphatic carbocycles. The quantitative estimate of drug-likeness (QED) is 0.715. The number of amides is 1. The molecule has 5 heteroatoms. The van der Waals surface area contributed by atoms with E-state index in [1.165, 1.54) is 26.9 Å². The molecule has 18 heavy (non-hydrogen) atoms. The molecule has 1 amide bonds. The average Bonchev–Trinajstić information content (AvgIpc) is 2.33. The first-order chi connectivity index (χ1) is 8.52. The third kappa shape index (κ3) is 5.04. The smallest absolute Gasteiger partial charge is 0.329 e. The summed E-state index contributed by atoms with van der Waals surface area (Å²) in [6.07, 6.45) is 4.78. The Labute approximate surface area is 109 Å². The van der Waals surface area contributed by atoms with Crippen molar-refractivity contribution in [1.29, 1.82) is 0 Å². The van der Waals surface area contributed by atoms with Gasteiger partial charge in [-0.25, -0.2) is 4.79 Å². The maximum atomic E-state index is 11.5. The average molecular weight is 256 g/mol. The van der Waals surface area contributed by atoms with Crippen molar-refractivity contribution in [2.45, 2.75) is 51.6 Å². The van der Waals surface area contributed by atoms with Gasteiger partial charge in [0, 0.05) is 19.5 Å². The third-order valence-electron chi connectivity index (χ3n) is 3.41. The molecule has 0 heterocycles. The maximum absolute atomic E-state index is 11.5. The number of hydrogen-bond donors (Lipinski definition) is 2. The molecule has 0 aromatic rings. The Morgan fingerprint density at radius 3 is 2.67 bits per heavy atom. The van der Waals surface area contributed by atoms with Crippen LogP contribution in [0.4, 0.5) is 0 Å². The maximum Gasteiger partial charge on any atom is 0.329 e. The summed E-state index contributed by atoms with van der Waals surface area (Å²) in [5.41, 5.74) is 0. The zero-order chi connectivity index (χ0) is 13.5. The highest BCUT2D eigenvalue weighted by Crippen LogP contribution is 2.23. The van der Waals surface area contributed by atoms with Gasteiger partial charge in [-0.2, -0.15) is 0 Å². The molecule has 0 saturated heterocycles. The van der Waals surface area contributed by atoms with E-state index in [-0.39, 0.29) is 5.91 Å². The molecule has 104 valence electrons. The summed E-state index contributed by atoms with van der Waals surface area (Å²) < 4.78 is 4.68. The first kappa shape index (κ1) is 15.0. The molecule has 3 atom stereocenters. The first-order valence-corrected chi connectivity index (χ1v) is 6.61. The minimum atomic E-state index is -0.593. The lowest BCUT2D eigenvalue weighted by molar-refractivity contribution is -0.144. The molecular weight excluding hydrogens is 232 g/mol. The second-order valence-corrected chi connectivity index (χ2v) is 5.15. The Hall–Kier alpha value is -1.10.